The number of carbonyl (C=O) groups excluding carboxylic acids is 1. The van der Waals surface area contributed by atoms with Crippen molar-refractivity contribution in [3.63, 3.8) is 0 Å². The van der Waals surface area contributed by atoms with E-state index in [9.17, 15) is 4.79 Å². The number of thiazole rings is 1. The summed E-state index contributed by atoms with van der Waals surface area (Å²) in [4.78, 5) is 22.6. The van der Waals surface area contributed by atoms with E-state index in [2.05, 4.69) is 60.2 Å². The third-order valence-corrected chi connectivity index (χ3v) is 8.27. The molecule has 0 radical (unpaired) electrons. The van der Waals surface area contributed by atoms with E-state index in [-0.39, 0.29) is 11.3 Å². The molecule has 1 aromatic heterocycles. The molecule has 1 aliphatic carbocycles. The summed E-state index contributed by atoms with van der Waals surface area (Å²) in [6.45, 7) is 12.6. The van der Waals surface area contributed by atoms with Crippen LogP contribution in [0.15, 0.2) is 29.6 Å². The van der Waals surface area contributed by atoms with E-state index in [0.717, 1.165) is 68.5 Å². The van der Waals surface area contributed by atoms with Gasteiger partial charge in [-0.3, -0.25) is 9.69 Å². The second-order valence-corrected chi connectivity index (χ2v) is 12.0. The minimum absolute atomic E-state index is 0.245. The molecule has 32 heavy (non-hydrogen) atoms. The summed E-state index contributed by atoms with van der Waals surface area (Å²) in [5, 5.41) is 3.06. The van der Waals surface area contributed by atoms with E-state index in [1.807, 2.05) is 0 Å². The maximum absolute atomic E-state index is 13.2. The predicted molar refractivity (Wildman–Crippen MR) is 129 cm³/mol. The van der Waals surface area contributed by atoms with Crippen LogP contribution in [0, 0.1) is 10.8 Å². The molecule has 2 atom stereocenters. The van der Waals surface area contributed by atoms with Crippen molar-refractivity contribution in [3.05, 3.63) is 40.9 Å². The Morgan fingerprint density at radius 2 is 1.91 bits per heavy atom. The lowest BCUT2D eigenvalue weighted by molar-refractivity contribution is -0.131. The van der Waals surface area contributed by atoms with Gasteiger partial charge in [0.05, 0.1) is 25.3 Å². The highest BCUT2D eigenvalue weighted by Crippen LogP contribution is 2.52. The molecular weight excluding hydrogens is 418 g/mol. The number of carbonyl (C=O) groups is 1. The van der Waals surface area contributed by atoms with Crippen molar-refractivity contribution in [2.24, 2.45) is 10.8 Å². The molecular formula is C26H35N3O2S. The van der Waals surface area contributed by atoms with Crippen LogP contribution < -0.4 is 0 Å². The lowest BCUT2D eigenvalue weighted by atomic mass is 9.65. The first-order valence-electron chi connectivity index (χ1n) is 11.9. The maximum Gasteiger partial charge on any atom is 0.228 e. The van der Waals surface area contributed by atoms with Crippen molar-refractivity contribution in [3.8, 4) is 10.6 Å². The summed E-state index contributed by atoms with van der Waals surface area (Å²) < 4.78 is 5.44. The summed E-state index contributed by atoms with van der Waals surface area (Å²) >= 11 is 1.64. The first-order chi connectivity index (χ1) is 15.3. The van der Waals surface area contributed by atoms with Crippen molar-refractivity contribution in [1.29, 1.82) is 0 Å². The first kappa shape index (κ1) is 22.1. The summed E-state index contributed by atoms with van der Waals surface area (Å²) in [5.74, 6) is 0.245. The number of hydrogen-bond donors (Lipinski definition) is 0. The third-order valence-electron chi connectivity index (χ3n) is 7.33. The molecule has 6 heteroatoms. The molecule has 2 unspecified atom stereocenters. The third kappa shape index (κ3) is 4.78. The minimum atomic E-state index is 0.245. The van der Waals surface area contributed by atoms with E-state index in [0.29, 0.717) is 17.9 Å². The fourth-order valence-corrected chi connectivity index (χ4v) is 7.12. The molecule has 5 rings (SSSR count). The van der Waals surface area contributed by atoms with Gasteiger partial charge in [0.15, 0.2) is 0 Å². The highest BCUT2D eigenvalue weighted by molar-refractivity contribution is 7.13. The summed E-state index contributed by atoms with van der Waals surface area (Å²) in [5.41, 5.74) is 3.95. The minimum Gasteiger partial charge on any atom is -0.379 e. The first-order valence-corrected chi connectivity index (χ1v) is 12.8. The fraction of sp³-hybridized carbons (Fsp3) is 0.615. The van der Waals surface area contributed by atoms with Crippen LogP contribution >= 0.6 is 11.3 Å². The Bertz CT molecular complexity index is 964. The highest BCUT2D eigenvalue weighted by Gasteiger charge is 2.50. The van der Waals surface area contributed by atoms with Crippen LogP contribution in [0.1, 0.15) is 51.3 Å². The van der Waals surface area contributed by atoms with Gasteiger partial charge in [-0.05, 0) is 35.7 Å². The number of morpholine rings is 1. The van der Waals surface area contributed by atoms with Crippen LogP contribution in [-0.2, 0) is 22.5 Å². The van der Waals surface area contributed by atoms with Crippen LogP contribution in [-0.4, -0.2) is 59.6 Å². The monoisotopic (exact) mass is 453 g/mol. The van der Waals surface area contributed by atoms with Crippen LogP contribution in [0.4, 0.5) is 0 Å². The van der Waals surface area contributed by atoms with Gasteiger partial charge in [-0.1, -0.05) is 45.0 Å². The van der Waals surface area contributed by atoms with Crippen LogP contribution in [0.3, 0.4) is 0 Å². The highest BCUT2D eigenvalue weighted by atomic mass is 32.1. The number of likely N-dealkylation sites (tertiary alicyclic amines) is 1. The Morgan fingerprint density at radius 3 is 2.66 bits per heavy atom. The molecule has 0 spiro atoms. The molecule has 3 heterocycles. The molecule has 3 aliphatic rings. The number of benzene rings is 1. The van der Waals surface area contributed by atoms with Crippen molar-refractivity contribution in [2.45, 2.75) is 59.0 Å². The average molecular weight is 454 g/mol. The van der Waals surface area contributed by atoms with Crippen LogP contribution in [0.2, 0.25) is 0 Å². The van der Waals surface area contributed by atoms with Gasteiger partial charge in [0.25, 0.3) is 0 Å². The van der Waals surface area contributed by atoms with E-state index >= 15 is 0 Å². The molecule has 2 bridgehead atoms. The number of amides is 1. The summed E-state index contributed by atoms with van der Waals surface area (Å²) in [6.07, 6.45) is 3.90. The SMILES string of the molecule is CC1(C)CC2CC(C)(CN2C(=O)Cc2csc(-c3ccc(CN4CCOCC4)cc3)n2)C1. The quantitative estimate of drug-likeness (QED) is 0.663. The van der Waals surface area contributed by atoms with Crippen molar-refractivity contribution in [2.75, 3.05) is 32.8 Å². The number of ether oxygens (including phenoxy) is 1. The molecule has 172 valence electrons. The maximum atomic E-state index is 13.2. The van der Waals surface area contributed by atoms with Crippen molar-refractivity contribution >= 4 is 17.2 Å². The standard InChI is InChI=1S/C26H35N3O2S/c1-25(2)13-22-14-26(3,17-25)18-29(22)23(30)12-21-16-32-24(27-21)20-6-4-19(5-7-20)15-28-8-10-31-11-9-28/h4-7,16,22H,8-15,17-18H2,1-3H3. The molecule has 0 N–H and O–H groups in total. The number of rotatable bonds is 5. The Morgan fingerprint density at radius 1 is 1.16 bits per heavy atom. The van der Waals surface area contributed by atoms with Crippen LogP contribution in [0.5, 0.6) is 0 Å². The fourth-order valence-electron chi connectivity index (χ4n) is 6.30. The topological polar surface area (TPSA) is 45.7 Å². The van der Waals surface area contributed by atoms with Gasteiger partial charge in [0.2, 0.25) is 5.91 Å². The number of fused-ring (bicyclic) bond motifs is 2. The predicted octanol–water partition coefficient (Wildman–Crippen LogP) is 4.61. The Balaban J connectivity index is 1.21. The van der Waals surface area contributed by atoms with Gasteiger partial charge in [-0.2, -0.15) is 0 Å². The smallest absolute Gasteiger partial charge is 0.228 e. The number of nitrogens with zero attached hydrogens (tertiary/aromatic N) is 3. The van der Waals surface area contributed by atoms with Crippen molar-refractivity contribution < 1.29 is 9.53 Å². The van der Waals surface area contributed by atoms with Gasteiger partial charge in [-0.15, -0.1) is 11.3 Å². The molecule has 3 fully saturated rings. The zero-order valence-electron chi connectivity index (χ0n) is 19.6. The second kappa shape index (κ2) is 8.54. The van der Waals surface area contributed by atoms with Crippen molar-refractivity contribution in [1.82, 2.24) is 14.8 Å². The van der Waals surface area contributed by atoms with Crippen LogP contribution in [0.25, 0.3) is 10.6 Å². The Labute approximate surface area is 195 Å². The molecule has 1 amide bonds. The van der Waals surface area contributed by atoms with Gasteiger partial charge >= 0.3 is 0 Å². The van der Waals surface area contributed by atoms with Gasteiger partial charge in [-0.25, -0.2) is 4.98 Å². The van der Waals surface area contributed by atoms with Gasteiger partial charge in [0, 0.05) is 43.2 Å². The largest absolute Gasteiger partial charge is 0.379 e. The van der Waals surface area contributed by atoms with E-state index in [4.69, 9.17) is 9.72 Å². The number of hydrogen-bond acceptors (Lipinski definition) is 5. The zero-order valence-corrected chi connectivity index (χ0v) is 20.4. The summed E-state index contributed by atoms with van der Waals surface area (Å²) in [7, 11) is 0. The molecule has 2 aromatic rings. The molecule has 1 saturated carbocycles. The van der Waals surface area contributed by atoms with E-state index in [1.165, 1.54) is 12.0 Å². The van der Waals surface area contributed by atoms with Gasteiger partial charge in [0.1, 0.15) is 5.01 Å². The van der Waals surface area contributed by atoms with E-state index < -0.39 is 0 Å². The normalized spacial score (nSPS) is 27.6. The lowest BCUT2D eigenvalue weighted by Gasteiger charge is -2.39. The van der Waals surface area contributed by atoms with Gasteiger partial charge < -0.3 is 9.64 Å². The van der Waals surface area contributed by atoms with E-state index in [1.54, 1.807) is 11.3 Å². The Kier molecular flexibility index (Phi) is 5.89. The molecule has 1 aromatic carbocycles. The lowest BCUT2D eigenvalue weighted by Crippen LogP contribution is -2.38. The zero-order chi connectivity index (χ0) is 22.3. The Hall–Kier alpha value is -1.76. The summed E-state index contributed by atoms with van der Waals surface area (Å²) in [6, 6.07) is 9.11. The second-order valence-electron chi connectivity index (χ2n) is 11.1. The molecule has 2 saturated heterocycles. The number of aromatic nitrogens is 1. The molecule has 5 nitrogen and oxygen atoms in total. The molecule has 2 aliphatic heterocycles. The average Bonchev–Trinajstić information content (AvgIpc) is 3.30.